The molecule has 43 heavy (non-hydrogen) atoms. The first kappa shape index (κ1) is 30.3. The van der Waals surface area contributed by atoms with Crippen molar-refractivity contribution in [2.24, 2.45) is 0 Å². The number of carboxylic acid groups (broad SMARTS) is 1. The van der Waals surface area contributed by atoms with Crippen LogP contribution in [0.3, 0.4) is 0 Å². The topological polar surface area (TPSA) is 130 Å². The van der Waals surface area contributed by atoms with E-state index in [1.165, 1.54) is 42.5 Å². The Hall–Kier alpha value is -4.16. The van der Waals surface area contributed by atoms with Crippen LogP contribution in [-0.4, -0.2) is 48.0 Å². The van der Waals surface area contributed by atoms with Gasteiger partial charge in [-0.1, -0.05) is 72.3 Å². The molecule has 5 aromatic rings. The number of sulfonamides is 1. The Morgan fingerprint density at radius 1 is 0.791 bits per heavy atom. The van der Waals surface area contributed by atoms with Gasteiger partial charge in [-0.15, -0.1) is 0 Å². The van der Waals surface area contributed by atoms with Gasteiger partial charge in [0.05, 0.1) is 4.90 Å². The third-order valence-corrected chi connectivity index (χ3v) is 10.1. The number of fused-ring (bicyclic) bond motifs is 2. The van der Waals surface area contributed by atoms with Crippen LogP contribution in [0.5, 0.6) is 5.75 Å². The van der Waals surface area contributed by atoms with E-state index in [2.05, 4.69) is 4.72 Å². The lowest BCUT2D eigenvalue weighted by Gasteiger charge is -2.17. The number of hydrogen-bond donors (Lipinski definition) is 2. The fourth-order valence-corrected chi connectivity index (χ4v) is 7.66. The first-order chi connectivity index (χ1) is 20.4. The molecule has 12 heteroatoms. The van der Waals surface area contributed by atoms with Crippen molar-refractivity contribution in [3.63, 3.8) is 0 Å². The van der Waals surface area contributed by atoms with Gasteiger partial charge in [0.1, 0.15) is 16.7 Å². The molecule has 0 aliphatic carbocycles. The number of benzene rings is 5. The van der Waals surface area contributed by atoms with Gasteiger partial charge >= 0.3 is 16.1 Å². The Kier molecular flexibility index (Phi) is 8.35. The number of anilines is 1. The summed E-state index contributed by atoms with van der Waals surface area (Å²) in [7, 11) is -4.74. The fraction of sp³-hybridized carbons (Fsp3) is 0.129. The van der Waals surface area contributed by atoms with Crippen molar-refractivity contribution >= 4 is 64.9 Å². The molecule has 0 fully saturated rings. The number of nitrogens with zero attached hydrogens (tertiary/aromatic N) is 1. The minimum Gasteiger partial charge on any atom is -0.480 e. The Balaban J connectivity index is 1.36. The largest absolute Gasteiger partial charge is 0.480 e. The van der Waals surface area contributed by atoms with Gasteiger partial charge in [0, 0.05) is 46.4 Å². The zero-order valence-electron chi connectivity index (χ0n) is 23.1. The van der Waals surface area contributed by atoms with Crippen LogP contribution in [0.2, 0.25) is 5.02 Å². The quantitative estimate of drug-likeness (QED) is 0.193. The summed E-state index contributed by atoms with van der Waals surface area (Å²) >= 11 is 6.21. The smallest absolute Gasteiger partial charge is 0.339 e. The first-order valence-electron chi connectivity index (χ1n) is 13.0. The highest BCUT2D eigenvalue weighted by Crippen LogP contribution is 2.32. The van der Waals surface area contributed by atoms with E-state index in [0.717, 1.165) is 11.1 Å². The number of halogens is 1. The molecule has 1 atom stereocenters. The highest BCUT2D eigenvalue weighted by Gasteiger charge is 2.27. The minimum atomic E-state index is -4.25. The number of carbonyl (C=O) groups is 1. The van der Waals surface area contributed by atoms with E-state index in [0.29, 0.717) is 26.7 Å². The average Bonchev–Trinajstić information content (AvgIpc) is 2.96. The zero-order valence-corrected chi connectivity index (χ0v) is 25.4. The molecule has 5 aromatic carbocycles. The van der Waals surface area contributed by atoms with Crippen molar-refractivity contribution < 1.29 is 30.9 Å². The molecule has 0 aromatic heterocycles. The van der Waals surface area contributed by atoms with Crippen molar-refractivity contribution in [2.45, 2.75) is 22.3 Å². The molecule has 0 saturated carbocycles. The third-order valence-electron chi connectivity index (χ3n) is 6.89. The lowest BCUT2D eigenvalue weighted by molar-refractivity contribution is -0.138. The van der Waals surface area contributed by atoms with Crippen LogP contribution >= 0.6 is 11.6 Å². The summed E-state index contributed by atoms with van der Waals surface area (Å²) in [6, 6.07) is 24.0. The molecule has 2 N–H and O–H groups in total. The van der Waals surface area contributed by atoms with Gasteiger partial charge < -0.3 is 14.2 Å². The van der Waals surface area contributed by atoms with Gasteiger partial charge in [-0.25, -0.2) is 8.42 Å². The van der Waals surface area contributed by atoms with Gasteiger partial charge in [-0.2, -0.15) is 13.1 Å². The Labute approximate surface area is 254 Å². The maximum Gasteiger partial charge on any atom is 0.339 e. The molecule has 0 unspecified atom stereocenters. The molecule has 0 radical (unpaired) electrons. The lowest BCUT2D eigenvalue weighted by Crippen LogP contribution is -2.42. The van der Waals surface area contributed by atoms with Gasteiger partial charge in [0.15, 0.2) is 0 Å². The molecule has 0 spiro atoms. The van der Waals surface area contributed by atoms with Crippen LogP contribution in [0.4, 0.5) is 5.69 Å². The fourth-order valence-electron chi connectivity index (χ4n) is 4.87. The molecule has 0 amide bonds. The number of hydrogen-bond acceptors (Lipinski definition) is 7. The van der Waals surface area contributed by atoms with Crippen molar-refractivity contribution in [1.29, 1.82) is 0 Å². The normalized spacial score (nSPS) is 12.7. The number of carboxylic acids is 1. The second kappa shape index (κ2) is 11.8. The first-order valence-corrected chi connectivity index (χ1v) is 16.3. The van der Waals surface area contributed by atoms with Gasteiger partial charge in [0.25, 0.3) is 0 Å². The van der Waals surface area contributed by atoms with Crippen LogP contribution in [0.25, 0.3) is 21.5 Å². The Morgan fingerprint density at radius 3 is 2.00 bits per heavy atom. The van der Waals surface area contributed by atoms with Crippen LogP contribution < -0.4 is 13.8 Å². The number of nitrogens with one attached hydrogen (secondary N) is 1. The van der Waals surface area contributed by atoms with Crippen molar-refractivity contribution in [3.05, 3.63) is 108 Å². The summed E-state index contributed by atoms with van der Waals surface area (Å²) in [5.41, 5.74) is 1.30. The Morgan fingerprint density at radius 2 is 1.35 bits per heavy atom. The molecule has 0 bridgehead atoms. The summed E-state index contributed by atoms with van der Waals surface area (Å²) in [6.07, 6.45) is -0.205. The highest BCUT2D eigenvalue weighted by atomic mass is 35.5. The summed E-state index contributed by atoms with van der Waals surface area (Å²) < 4.78 is 60.7. The van der Waals surface area contributed by atoms with Gasteiger partial charge in [-0.3, -0.25) is 4.79 Å². The van der Waals surface area contributed by atoms with E-state index in [-0.39, 0.29) is 22.0 Å². The molecule has 0 aliphatic rings. The maximum absolute atomic E-state index is 13.3. The standard InChI is InChI=1S/C31H27ClN2O7S2/c1-34(2)28-12-4-10-25-23(28)8-6-14-30(25)43(39,40)41-21-17-15-20(16-18-21)19-27(31(35)36)33-42(37,38)29-13-5-7-22-24(29)9-3-11-26(22)32/h3-18,27,33H,19H2,1-2H3,(H,35,36)/t27-/m0/s1. The molecule has 0 aliphatic heterocycles. The summed E-state index contributed by atoms with van der Waals surface area (Å²) in [5, 5.41) is 12.3. The SMILES string of the molecule is CN(C)c1cccc2c(S(=O)(=O)Oc3ccc(C[C@H](NS(=O)(=O)c4cccc5c(Cl)cccc45)C(=O)O)cc3)cccc12. The van der Waals surface area contributed by atoms with E-state index in [4.69, 9.17) is 15.8 Å². The van der Waals surface area contributed by atoms with Gasteiger partial charge in [0.2, 0.25) is 10.0 Å². The average molecular weight is 639 g/mol. The Bertz CT molecular complexity index is 2060. The molecule has 5 rings (SSSR count). The molecule has 9 nitrogen and oxygen atoms in total. The molecular weight excluding hydrogens is 612 g/mol. The van der Waals surface area contributed by atoms with E-state index >= 15 is 0 Å². The molecular formula is C31H27ClN2O7S2. The number of aliphatic carboxylic acids is 1. The van der Waals surface area contributed by atoms with Gasteiger partial charge in [-0.05, 0) is 48.4 Å². The summed E-state index contributed by atoms with van der Waals surface area (Å²) in [6.45, 7) is 0. The summed E-state index contributed by atoms with van der Waals surface area (Å²) in [5.74, 6) is -1.36. The molecule has 222 valence electrons. The predicted molar refractivity (Wildman–Crippen MR) is 167 cm³/mol. The maximum atomic E-state index is 13.3. The predicted octanol–water partition coefficient (Wildman–Crippen LogP) is 5.45. The lowest BCUT2D eigenvalue weighted by atomic mass is 10.1. The van der Waals surface area contributed by atoms with Crippen LogP contribution in [-0.2, 0) is 31.4 Å². The van der Waals surface area contributed by atoms with E-state index < -0.39 is 32.2 Å². The van der Waals surface area contributed by atoms with Crippen molar-refractivity contribution in [3.8, 4) is 5.75 Å². The number of rotatable bonds is 10. The van der Waals surface area contributed by atoms with Crippen molar-refractivity contribution in [2.75, 3.05) is 19.0 Å². The minimum absolute atomic E-state index is 0.00727. The van der Waals surface area contributed by atoms with Crippen molar-refractivity contribution in [1.82, 2.24) is 4.72 Å². The van der Waals surface area contributed by atoms with E-state index in [1.807, 2.05) is 31.1 Å². The monoisotopic (exact) mass is 638 g/mol. The van der Waals surface area contributed by atoms with E-state index in [1.54, 1.807) is 42.5 Å². The zero-order chi connectivity index (χ0) is 30.9. The van der Waals surface area contributed by atoms with Crippen LogP contribution in [0.15, 0.2) is 107 Å². The van der Waals surface area contributed by atoms with E-state index in [9.17, 15) is 26.7 Å². The van der Waals surface area contributed by atoms with Crippen LogP contribution in [0, 0.1) is 0 Å². The second-order valence-electron chi connectivity index (χ2n) is 10.0. The highest BCUT2D eigenvalue weighted by molar-refractivity contribution is 7.89. The summed E-state index contributed by atoms with van der Waals surface area (Å²) in [4.78, 5) is 13.9. The third kappa shape index (κ3) is 6.30. The molecule has 0 saturated heterocycles. The molecule has 0 heterocycles. The second-order valence-corrected chi connectivity index (χ2v) is 13.6. The van der Waals surface area contributed by atoms with Crippen LogP contribution in [0.1, 0.15) is 5.56 Å².